The van der Waals surface area contributed by atoms with Gasteiger partial charge in [-0.15, -0.1) is 24.0 Å². The van der Waals surface area contributed by atoms with Gasteiger partial charge in [0.25, 0.3) is 0 Å². The quantitative estimate of drug-likeness (QED) is 0.317. The van der Waals surface area contributed by atoms with Crippen LogP contribution in [0.4, 0.5) is 0 Å². The van der Waals surface area contributed by atoms with Gasteiger partial charge in [0.15, 0.2) is 5.96 Å². The molecule has 0 spiro atoms. The monoisotopic (exact) mass is 559 g/mol. The molecule has 0 unspecified atom stereocenters. The van der Waals surface area contributed by atoms with Crippen molar-refractivity contribution < 1.29 is 9.32 Å². The third-order valence-electron chi connectivity index (χ3n) is 5.16. The van der Waals surface area contributed by atoms with Gasteiger partial charge in [0, 0.05) is 49.9 Å². The Morgan fingerprint density at radius 2 is 1.94 bits per heavy atom. The first-order valence-corrected chi connectivity index (χ1v) is 10.5. The first kappa shape index (κ1) is 23.7. The minimum atomic E-state index is 0. The summed E-state index contributed by atoms with van der Waals surface area (Å²) in [5.41, 5.74) is 0.848. The van der Waals surface area contributed by atoms with E-state index in [0.29, 0.717) is 35.9 Å². The van der Waals surface area contributed by atoms with Gasteiger partial charge in [-0.3, -0.25) is 14.7 Å². The fourth-order valence-electron chi connectivity index (χ4n) is 3.35. The Hall–Kier alpha value is -1.92. The molecule has 9 nitrogen and oxygen atoms in total. The summed E-state index contributed by atoms with van der Waals surface area (Å²) in [7, 11) is 1.75. The predicted molar refractivity (Wildman–Crippen MR) is 130 cm³/mol. The number of nitrogens with one attached hydrogen (secondary N) is 2. The number of piperazine rings is 1. The first-order chi connectivity index (χ1) is 14.6. The van der Waals surface area contributed by atoms with E-state index < -0.39 is 0 Å². The van der Waals surface area contributed by atoms with Crippen LogP contribution in [0.2, 0.25) is 5.02 Å². The van der Waals surface area contributed by atoms with E-state index in [0.717, 1.165) is 50.5 Å². The van der Waals surface area contributed by atoms with Crippen molar-refractivity contribution >= 4 is 47.4 Å². The lowest BCUT2D eigenvalue weighted by atomic mass is 10.2. The van der Waals surface area contributed by atoms with Gasteiger partial charge in [-0.05, 0) is 37.1 Å². The highest BCUT2D eigenvalue weighted by molar-refractivity contribution is 14.0. The van der Waals surface area contributed by atoms with Gasteiger partial charge in [0.05, 0.1) is 13.1 Å². The second-order valence-corrected chi connectivity index (χ2v) is 7.96. The average Bonchev–Trinajstić information content (AvgIpc) is 3.43. The third-order valence-corrected chi connectivity index (χ3v) is 5.41. The highest BCUT2D eigenvalue weighted by atomic mass is 127. The standard InChI is InChI=1S/C20H26ClN7O2.HI/c1-22-20(28-10-8-27(9-11-28)13-17(29)24-16-6-7-16)23-12-18-25-19(26-30-18)14-2-4-15(21)5-3-14;/h2-5,16H,6-13H2,1H3,(H,22,23)(H,24,29);1H. The van der Waals surface area contributed by atoms with Crippen molar-refractivity contribution in [2.75, 3.05) is 39.8 Å². The number of aliphatic imine (C=N–C) groups is 1. The molecule has 2 aliphatic rings. The Kier molecular flexibility index (Phi) is 8.50. The van der Waals surface area contributed by atoms with E-state index >= 15 is 0 Å². The number of hydrogen-bond donors (Lipinski definition) is 2. The van der Waals surface area contributed by atoms with E-state index in [1.807, 2.05) is 12.1 Å². The summed E-state index contributed by atoms with van der Waals surface area (Å²) >= 11 is 5.92. The molecule has 0 radical (unpaired) electrons. The molecule has 0 atom stereocenters. The molecule has 0 bridgehead atoms. The van der Waals surface area contributed by atoms with Crippen molar-refractivity contribution in [2.45, 2.75) is 25.4 Å². The molecule has 2 N–H and O–H groups in total. The molecule has 1 aliphatic heterocycles. The van der Waals surface area contributed by atoms with Crippen LogP contribution in [0.15, 0.2) is 33.8 Å². The Morgan fingerprint density at radius 1 is 1.23 bits per heavy atom. The van der Waals surface area contributed by atoms with Crippen molar-refractivity contribution in [2.24, 2.45) is 4.99 Å². The Morgan fingerprint density at radius 3 is 2.58 bits per heavy atom. The molecule has 1 aliphatic carbocycles. The van der Waals surface area contributed by atoms with E-state index in [9.17, 15) is 4.79 Å². The zero-order valence-corrected chi connectivity index (χ0v) is 20.5. The van der Waals surface area contributed by atoms with Gasteiger partial charge in [-0.2, -0.15) is 4.98 Å². The Labute approximate surface area is 203 Å². The maximum absolute atomic E-state index is 12.0. The number of carbonyl (C=O) groups is 1. The van der Waals surface area contributed by atoms with Crippen LogP contribution in [-0.2, 0) is 11.3 Å². The summed E-state index contributed by atoms with van der Waals surface area (Å²) < 4.78 is 5.35. The van der Waals surface area contributed by atoms with Crippen LogP contribution in [0, 0.1) is 0 Å². The highest BCUT2D eigenvalue weighted by Gasteiger charge is 2.26. The minimum Gasteiger partial charge on any atom is -0.352 e. The lowest BCUT2D eigenvalue weighted by Gasteiger charge is -2.36. The summed E-state index contributed by atoms with van der Waals surface area (Å²) in [4.78, 5) is 25.1. The number of hydrogen-bond acceptors (Lipinski definition) is 6. The number of guanidine groups is 1. The van der Waals surface area contributed by atoms with Gasteiger partial charge in [0.1, 0.15) is 0 Å². The fraction of sp³-hybridized carbons (Fsp3) is 0.500. The maximum Gasteiger partial charge on any atom is 0.246 e. The van der Waals surface area contributed by atoms with Gasteiger partial charge < -0.3 is 20.1 Å². The Balaban J connectivity index is 0.00000272. The number of amides is 1. The number of carbonyl (C=O) groups excluding carboxylic acids is 1. The SMILES string of the molecule is CN=C(NCc1nc(-c2ccc(Cl)cc2)no1)N1CCN(CC(=O)NC2CC2)CC1.I. The van der Waals surface area contributed by atoms with Crippen molar-refractivity contribution in [1.29, 1.82) is 0 Å². The van der Waals surface area contributed by atoms with Gasteiger partial charge in [-0.25, -0.2) is 0 Å². The predicted octanol–water partition coefficient (Wildman–Crippen LogP) is 1.98. The van der Waals surface area contributed by atoms with Crippen LogP contribution >= 0.6 is 35.6 Å². The fourth-order valence-corrected chi connectivity index (χ4v) is 3.48. The molecule has 2 heterocycles. The van der Waals surface area contributed by atoms with Crippen LogP contribution in [0.1, 0.15) is 18.7 Å². The summed E-state index contributed by atoms with van der Waals surface area (Å²) in [5.74, 6) is 1.91. The van der Waals surface area contributed by atoms with E-state index in [2.05, 4.69) is 35.6 Å². The highest BCUT2D eigenvalue weighted by Crippen LogP contribution is 2.19. The van der Waals surface area contributed by atoms with Crippen LogP contribution in [-0.4, -0.2) is 77.6 Å². The first-order valence-electron chi connectivity index (χ1n) is 10.2. The molecular formula is C20H27ClIN7O2. The van der Waals surface area contributed by atoms with Gasteiger partial charge in [-0.1, -0.05) is 16.8 Å². The molecule has 1 saturated heterocycles. The summed E-state index contributed by atoms with van der Waals surface area (Å²) in [6, 6.07) is 7.71. The van der Waals surface area contributed by atoms with Gasteiger partial charge in [0.2, 0.25) is 17.6 Å². The second-order valence-electron chi connectivity index (χ2n) is 7.52. The molecule has 2 fully saturated rings. The normalized spacial score (nSPS) is 17.2. The average molecular weight is 560 g/mol. The van der Waals surface area contributed by atoms with Crippen molar-refractivity contribution in [3.05, 3.63) is 35.2 Å². The molecule has 2 aromatic rings. The molecular weight excluding hydrogens is 533 g/mol. The zero-order chi connectivity index (χ0) is 20.9. The number of halogens is 2. The topological polar surface area (TPSA) is 98.9 Å². The van der Waals surface area contributed by atoms with E-state index in [1.165, 1.54) is 0 Å². The van der Waals surface area contributed by atoms with Crippen molar-refractivity contribution in [1.82, 2.24) is 30.6 Å². The minimum absolute atomic E-state index is 0. The molecule has 11 heteroatoms. The second kappa shape index (κ2) is 11.1. The Bertz CT molecular complexity index is 893. The number of nitrogens with zero attached hydrogens (tertiary/aromatic N) is 5. The van der Waals surface area contributed by atoms with E-state index in [-0.39, 0.29) is 29.9 Å². The van der Waals surface area contributed by atoms with Crippen LogP contribution in [0.3, 0.4) is 0 Å². The van der Waals surface area contributed by atoms with Crippen molar-refractivity contribution in [3.8, 4) is 11.4 Å². The summed E-state index contributed by atoms with van der Waals surface area (Å²) in [6.45, 7) is 4.09. The van der Waals surface area contributed by atoms with E-state index in [1.54, 1.807) is 19.2 Å². The zero-order valence-electron chi connectivity index (χ0n) is 17.4. The summed E-state index contributed by atoms with van der Waals surface area (Å²) in [6.07, 6.45) is 2.23. The molecule has 1 amide bonds. The van der Waals surface area contributed by atoms with Crippen molar-refractivity contribution in [3.63, 3.8) is 0 Å². The lowest BCUT2D eigenvalue weighted by Crippen LogP contribution is -2.54. The molecule has 1 saturated carbocycles. The molecule has 1 aromatic heterocycles. The molecule has 1 aromatic carbocycles. The summed E-state index contributed by atoms with van der Waals surface area (Å²) in [5, 5.41) is 11.0. The lowest BCUT2D eigenvalue weighted by molar-refractivity contribution is -0.122. The number of benzene rings is 1. The molecule has 168 valence electrons. The smallest absolute Gasteiger partial charge is 0.246 e. The van der Waals surface area contributed by atoms with Gasteiger partial charge >= 0.3 is 0 Å². The number of aromatic nitrogens is 2. The largest absolute Gasteiger partial charge is 0.352 e. The molecule has 31 heavy (non-hydrogen) atoms. The number of rotatable bonds is 6. The van der Waals surface area contributed by atoms with E-state index in [4.69, 9.17) is 16.1 Å². The maximum atomic E-state index is 12.0. The molecule has 4 rings (SSSR count). The van der Waals surface area contributed by atoms with Crippen LogP contribution < -0.4 is 10.6 Å². The van der Waals surface area contributed by atoms with Crippen LogP contribution in [0.25, 0.3) is 11.4 Å². The van der Waals surface area contributed by atoms with Crippen LogP contribution in [0.5, 0.6) is 0 Å². The third kappa shape index (κ3) is 6.78.